The number of allylic oxidation sites excluding steroid dienone is 1. The van der Waals surface area contributed by atoms with E-state index in [0.717, 1.165) is 31.3 Å². The molecule has 1 fully saturated rings. The third-order valence-corrected chi connectivity index (χ3v) is 3.85. The fourth-order valence-corrected chi connectivity index (χ4v) is 2.96. The van der Waals surface area contributed by atoms with Gasteiger partial charge in [-0.05, 0) is 49.7 Å². The lowest BCUT2D eigenvalue weighted by molar-refractivity contribution is -0.116. The highest BCUT2D eigenvalue weighted by molar-refractivity contribution is 5.92. The Morgan fingerprint density at radius 2 is 2.00 bits per heavy atom. The molecule has 0 bridgehead atoms. The third-order valence-electron chi connectivity index (χ3n) is 3.85. The first-order valence-corrected chi connectivity index (χ1v) is 5.42. The van der Waals surface area contributed by atoms with Crippen LogP contribution in [-0.2, 0) is 4.79 Å². The molecule has 0 unspecified atom stereocenters. The van der Waals surface area contributed by atoms with Gasteiger partial charge >= 0.3 is 0 Å². The van der Waals surface area contributed by atoms with E-state index in [1.807, 2.05) is 6.92 Å². The number of hydrogen-bond acceptors (Lipinski definition) is 2. The van der Waals surface area contributed by atoms with Gasteiger partial charge in [0.25, 0.3) is 0 Å². The molecule has 0 amide bonds. The summed E-state index contributed by atoms with van der Waals surface area (Å²) in [6.45, 7) is 4.02. The molecule has 0 radical (unpaired) electrons. The number of carbonyl (C=O) groups is 1. The Morgan fingerprint density at radius 3 is 2.71 bits per heavy atom. The highest BCUT2D eigenvalue weighted by Gasteiger charge is 2.44. The SMILES string of the molecule is C[C@@]12CCC[C@](C)(O)C1=CC(=O)CC2. The lowest BCUT2D eigenvalue weighted by atomic mass is 9.61. The van der Waals surface area contributed by atoms with Crippen molar-refractivity contribution in [3.8, 4) is 0 Å². The van der Waals surface area contributed by atoms with Gasteiger partial charge in [-0.25, -0.2) is 0 Å². The van der Waals surface area contributed by atoms with Gasteiger partial charge in [-0.1, -0.05) is 6.92 Å². The molecular weight excluding hydrogens is 176 g/mol. The number of carbonyl (C=O) groups excluding carboxylic acids is 1. The van der Waals surface area contributed by atoms with Crippen LogP contribution in [0.1, 0.15) is 46.0 Å². The molecule has 2 aliphatic rings. The molecule has 0 spiro atoms. The van der Waals surface area contributed by atoms with Crippen molar-refractivity contribution in [2.24, 2.45) is 5.41 Å². The summed E-state index contributed by atoms with van der Waals surface area (Å²) in [5.41, 5.74) is 0.311. The first-order valence-electron chi connectivity index (χ1n) is 5.42. The van der Waals surface area contributed by atoms with Crippen molar-refractivity contribution in [1.82, 2.24) is 0 Å². The third kappa shape index (κ3) is 1.42. The van der Waals surface area contributed by atoms with Gasteiger partial charge in [-0.2, -0.15) is 0 Å². The second kappa shape index (κ2) is 2.93. The fraction of sp³-hybridized carbons (Fsp3) is 0.750. The Balaban J connectivity index is 2.43. The van der Waals surface area contributed by atoms with Crippen LogP contribution in [0.4, 0.5) is 0 Å². The molecule has 78 valence electrons. The van der Waals surface area contributed by atoms with Gasteiger partial charge in [0.15, 0.2) is 5.78 Å². The van der Waals surface area contributed by atoms with Crippen LogP contribution in [0.2, 0.25) is 0 Å². The average Bonchev–Trinajstić information content (AvgIpc) is 2.08. The van der Waals surface area contributed by atoms with E-state index in [9.17, 15) is 9.90 Å². The molecular formula is C12H18O2. The minimum atomic E-state index is -0.747. The lowest BCUT2D eigenvalue weighted by Crippen LogP contribution is -2.43. The highest BCUT2D eigenvalue weighted by Crippen LogP contribution is 2.50. The smallest absolute Gasteiger partial charge is 0.155 e. The van der Waals surface area contributed by atoms with Crippen molar-refractivity contribution in [2.75, 3.05) is 0 Å². The van der Waals surface area contributed by atoms with Gasteiger partial charge in [0, 0.05) is 6.42 Å². The summed E-state index contributed by atoms with van der Waals surface area (Å²) in [6, 6.07) is 0. The van der Waals surface area contributed by atoms with E-state index in [2.05, 4.69) is 6.92 Å². The summed E-state index contributed by atoms with van der Waals surface area (Å²) in [4.78, 5) is 11.4. The second-order valence-electron chi connectivity index (χ2n) is 5.21. The zero-order valence-electron chi connectivity index (χ0n) is 8.97. The topological polar surface area (TPSA) is 37.3 Å². The van der Waals surface area contributed by atoms with E-state index in [0.29, 0.717) is 6.42 Å². The predicted molar refractivity (Wildman–Crippen MR) is 54.9 cm³/mol. The summed E-state index contributed by atoms with van der Waals surface area (Å²) < 4.78 is 0. The molecule has 2 rings (SSSR count). The van der Waals surface area contributed by atoms with Crippen LogP contribution >= 0.6 is 0 Å². The summed E-state index contributed by atoms with van der Waals surface area (Å²) in [5, 5.41) is 10.2. The Labute approximate surface area is 85.0 Å². The molecule has 0 aromatic rings. The Hall–Kier alpha value is -0.630. The molecule has 0 aromatic heterocycles. The number of hydrogen-bond donors (Lipinski definition) is 1. The molecule has 2 atom stereocenters. The van der Waals surface area contributed by atoms with Gasteiger partial charge in [0.05, 0.1) is 5.60 Å². The minimum absolute atomic E-state index is 0.0790. The van der Waals surface area contributed by atoms with Crippen molar-refractivity contribution in [3.63, 3.8) is 0 Å². The van der Waals surface area contributed by atoms with Gasteiger partial charge in [-0.15, -0.1) is 0 Å². The molecule has 0 aliphatic heterocycles. The average molecular weight is 194 g/mol. The maximum Gasteiger partial charge on any atom is 0.155 e. The molecule has 0 aromatic carbocycles. The van der Waals surface area contributed by atoms with E-state index < -0.39 is 5.60 Å². The van der Waals surface area contributed by atoms with Crippen LogP contribution in [-0.4, -0.2) is 16.5 Å². The maximum absolute atomic E-state index is 11.4. The molecule has 0 saturated heterocycles. The van der Waals surface area contributed by atoms with Crippen LogP contribution in [0.5, 0.6) is 0 Å². The maximum atomic E-state index is 11.4. The number of ketones is 1. The van der Waals surface area contributed by atoms with Crippen LogP contribution < -0.4 is 0 Å². The molecule has 1 N–H and O–H groups in total. The Bertz CT molecular complexity index is 301. The summed E-state index contributed by atoms with van der Waals surface area (Å²) >= 11 is 0. The van der Waals surface area contributed by atoms with E-state index >= 15 is 0 Å². The predicted octanol–water partition coefficient (Wildman–Crippen LogP) is 2.22. The van der Waals surface area contributed by atoms with Crippen LogP contribution in [0.25, 0.3) is 0 Å². The van der Waals surface area contributed by atoms with Gasteiger partial charge in [0.1, 0.15) is 0 Å². The molecule has 1 saturated carbocycles. The summed E-state index contributed by atoms with van der Waals surface area (Å²) in [7, 11) is 0. The van der Waals surface area contributed by atoms with Crippen LogP contribution in [0, 0.1) is 5.41 Å². The van der Waals surface area contributed by atoms with Crippen LogP contribution in [0.15, 0.2) is 11.6 Å². The molecule has 2 nitrogen and oxygen atoms in total. The quantitative estimate of drug-likeness (QED) is 0.642. The van der Waals surface area contributed by atoms with Gasteiger partial charge < -0.3 is 5.11 Å². The number of fused-ring (bicyclic) bond motifs is 1. The van der Waals surface area contributed by atoms with E-state index in [1.54, 1.807) is 6.08 Å². The Kier molecular flexibility index (Phi) is 2.07. The normalized spacial score (nSPS) is 43.1. The van der Waals surface area contributed by atoms with Gasteiger partial charge in [0.2, 0.25) is 0 Å². The number of aliphatic hydroxyl groups is 1. The first-order chi connectivity index (χ1) is 6.44. The van der Waals surface area contributed by atoms with Crippen molar-refractivity contribution >= 4 is 5.78 Å². The zero-order chi connectivity index (χ0) is 10.4. The zero-order valence-corrected chi connectivity index (χ0v) is 8.97. The first kappa shape index (κ1) is 9.91. The largest absolute Gasteiger partial charge is 0.386 e. The standard InChI is InChI=1S/C12H18O2/c1-11-5-3-6-12(2,14)10(11)8-9(13)4-7-11/h8,14H,3-7H2,1-2H3/t11-,12-/m0/s1. The molecule has 0 heterocycles. The summed E-state index contributed by atoms with van der Waals surface area (Å²) in [5.74, 6) is 0.180. The number of rotatable bonds is 0. The fourth-order valence-electron chi connectivity index (χ4n) is 2.96. The molecule has 2 aliphatic carbocycles. The highest BCUT2D eigenvalue weighted by atomic mass is 16.3. The molecule has 2 heteroatoms. The Morgan fingerprint density at radius 1 is 1.29 bits per heavy atom. The van der Waals surface area contributed by atoms with Gasteiger partial charge in [-0.3, -0.25) is 4.79 Å². The van der Waals surface area contributed by atoms with E-state index in [4.69, 9.17) is 0 Å². The van der Waals surface area contributed by atoms with E-state index in [1.165, 1.54) is 0 Å². The monoisotopic (exact) mass is 194 g/mol. The van der Waals surface area contributed by atoms with Crippen molar-refractivity contribution < 1.29 is 9.90 Å². The summed E-state index contributed by atoms with van der Waals surface area (Å²) in [6.07, 6.45) is 6.23. The van der Waals surface area contributed by atoms with Crippen LogP contribution in [0.3, 0.4) is 0 Å². The second-order valence-corrected chi connectivity index (χ2v) is 5.21. The lowest BCUT2D eigenvalue weighted by Gasteiger charge is -2.46. The van der Waals surface area contributed by atoms with E-state index in [-0.39, 0.29) is 11.2 Å². The minimum Gasteiger partial charge on any atom is -0.386 e. The van der Waals surface area contributed by atoms with Crippen molar-refractivity contribution in [2.45, 2.75) is 51.6 Å². The van der Waals surface area contributed by atoms with Crippen molar-refractivity contribution in [1.29, 1.82) is 0 Å². The van der Waals surface area contributed by atoms with Crippen molar-refractivity contribution in [3.05, 3.63) is 11.6 Å². The molecule has 14 heavy (non-hydrogen) atoms.